The molecule has 0 saturated heterocycles. The van der Waals surface area contributed by atoms with Crippen LogP contribution >= 0.6 is 0 Å². The molecule has 62 valence electrons. The van der Waals surface area contributed by atoms with E-state index in [9.17, 15) is 5.11 Å². The lowest BCUT2D eigenvalue weighted by atomic mass is 9.97. The van der Waals surface area contributed by atoms with Gasteiger partial charge in [-0.3, -0.25) is 0 Å². The molecule has 1 atom stereocenters. The van der Waals surface area contributed by atoms with Gasteiger partial charge < -0.3 is 5.11 Å². The van der Waals surface area contributed by atoms with Crippen LogP contribution in [0.1, 0.15) is 20.3 Å². The quantitative estimate of drug-likeness (QED) is 0.484. The number of aliphatic hydroxyl groups is 1. The molecule has 0 saturated carbocycles. The van der Waals surface area contributed by atoms with E-state index in [0.717, 1.165) is 5.57 Å². The lowest BCUT2D eigenvalue weighted by molar-refractivity contribution is 0.112. The van der Waals surface area contributed by atoms with Crippen LogP contribution in [-0.4, -0.2) is 10.7 Å². The van der Waals surface area contributed by atoms with Crippen molar-refractivity contribution in [2.24, 2.45) is 0 Å². The van der Waals surface area contributed by atoms with Crippen LogP contribution in [0.25, 0.3) is 0 Å². The lowest BCUT2D eigenvalue weighted by Gasteiger charge is -2.18. The van der Waals surface area contributed by atoms with Gasteiger partial charge in [0.1, 0.15) is 0 Å². The van der Waals surface area contributed by atoms with Gasteiger partial charge in [-0.15, -0.1) is 6.58 Å². The molecule has 11 heavy (non-hydrogen) atoms. The highest BCUT2D eigenvalue weighted by Crippen LogP contribution is 2.16. The zero-order valence-electron chi connectivity index (χ0n) is 7.30. The van der Waals surface area contributed by atoms with Gasteiger partial charge in [-0.1, -0.05) is 30.4 Å². The van der Waals surface area contributed by atoms with E-state index in [4.69, 9.17) is 0 Å². The number of hydrogen-bond acceptors (Lipinski definition) is 1. The second-order valence-corrected chi connectivity index (χ2v) is 2.99. The van der Waals surface area contributed by atoms with Crippen LogP contribution in [0.2, 0.25) is 0 Å². The fraction of sp³-hybridized carbons (Fsp3) is 0.400. The largest absolute Gasteiger partial charge is 0.386 e. The van der Waals surface area contributed by atoms with Crippen molar-refractivity contribution in [2.75, 3.05) is 0 Å². The van der Waals surface area contributed by atoms with E-state index in [2.05, 4.69) is 13.2 Å². The second-order valence-electron chi connectivity index (χ2n) is 2.99. The van der Waals surface area contributed by atoms with Gasteiger partial charge in [-0.05, 0) is 13.8 Å². The van der Waals surface area contributed by atoms with E-state index in [1.54, 1.807) is 19.1 Å². The highest BCUT2D eigenvalue weighted by atomic mass is 16.3. The predicted molar refractivity (Wildman–Crippen MR) is 49.4 cm³/mol. The first-order chi connectivity index (χ1) is 5.02. The molecule has 0 amide bonds. The summed E-state index contributed by atoms with van der Waals surface area (Å²) in [5.74, 6) is 0. The third-order valence-corrected chi connectivity index (χ3v) is 1.48. The molecule has 0 aliphatic heterocycles. The molecule has 1 nitrogen and oxygen atoms in total. The summed E-state index contributed by atoms with van der Waals surface area (Å²) in [6.07, 6.45) is 5.77. The highest BCUT2D eigenvalue weighted by Gasteiger charge is 2.14. The van der Waals surface area contributed by atoms with Gasteiger partial charge in [0.15, 0.2) is 0 Å². The molecule has 0 aliphatic rings. The summed E-state index contributed by atoms with van der Waals surface area (Å²) >= 11 is 0. The van der Waals surface area contributed by atoms with Gasteiger partial charge in [0.2, 0.25) is 0 Å². The number of hydrogen-bond donors (Lipinski definition) is 1. The smallest absolute Gasteiger partial charge is 0.0834 e. The molecular formula is C10H16O. The van der Waals surface area contributed by atoms with E-state index in [1.165, 1.54) is 0 Å². The van der Waals surface area contributed by atoms with Crippen molar-refractivity contribution >= 4 is 0 Å². The Morgan fingerprint density at radius 1 is 1.55 bits per heavy atom. The Balaban J connectivity index is 4.13. The zero-order chi connectivity index (χ0) is 8.91. The monoisotopic (exact) mass is 152 g/mol. The minimum Gasteiger partial charge on any atom is -0.386 e. The van der Waals surface area contributed by atoms with Crippen molar-refractivity contribution in [3.05, 3.63) is 37.0 Å². The first-order valence-electron chi connectivity index (χ1n) is 3.66. The Labute approximate surface area is 68.7 Å². The molecule has 0 bridgehead atoms. The normalized spacial score (nSPS) is 17.2. The summed E-state index contributed by atoms with van der Waals surface area (Å²) in [6, 6.07) is 0. The van der Waals surface area contributed by atoms with Crippen LogP contribution in [-0.2, 0) is 0 Å². The summed E-state index contributed by atoms with van der Waals surface area (Å²) in [5.41, 5.74) is 0.314. The standard InChI is InChI=1S/C10H16O/c1-5-7-9(3)8-10(4,11)6-2/h5-7,11H,1-2,8H2,3-4H3/b9-7+. The SMILES string of the molecule is C=C/C=C(\C)CC(C)(O)C=C. The van der Waals surface area contributed by atoms with Crippen molar-refractivity contribution in [1.82, 2.24) is 0 Å². The summed E-state index contributed by atoms with van der Waals surface area (Å²) in [6.45, 7) is 10.8. The Morgan fingerprint density at radius 2 is 2.09 bits per heavy atom. The van der Waals surface area contributed by atoms with Gasteiger partial charge >= 0.3 is 0 Å². The minimum atomic E-state index is -0.788. The molecule has 0 aliphatic carbocycles. The van der Waals surface area contributed by atoms with Gasteiger partial charge in [-0.2, -0.15) is 0 Å². The maximum absolute atomic E-state index is 9.53. The van der Waals surface area contributed by atoms with Crippen LogP contribution in [0.3, 0.4) is 0 Å². The molecule has 0 radical (unpaired) electrons. The molecule has 1 heteroatoms. The Morgan fingerprint density at radius 3 is 2.45 bits per heavy atom. The maximum atomic E-state index is 9.53. The zero-order valence-corrected chi connectivity index (χ0v) is 7.30. The highest BCUT2D eigenvalue weighted by molar-refractivity contribution is 5.12. The minimum absolute atomic E-state index is 0.614. The summed E-state index contributed by atoms with van der Waals surface area (Å²) in [7, 11) is 0. The second kappa shape index (κ2) is 4.14. The Hall–Kier alpha value is -0.820. The fourth-order valence-corrected chi connectivity index (χ4v) is 0.897. The first-order valence-corrected chi connectivity index (χ1v) is 3.66. The molecule has 0 spiro atoms. The first kappa shape index (κ1) is 10.2. The summed E-state index contributed by atoms with van der Waals surface area (Å²) in [4.78, 5) is 0. The summed E-state index contributed by atoms with van der Waals surface area (Å²) in [5, 5.41) is 9.53. The average molecular weight is 152 g/mol. The molecular weight excluding hydrogens is 136 g/mol. The van der Waals surface area contributed by atoms with Crippen molar-refractivity contribution in [3.63, 3.8) is 0 Å². The fourth-order valence-electron chi connectivity index (χ4n) is 0.897. The van der Waals surface area contributed by atoms with Crippen molar-refractivity contribution in [2.45, 2.75) is 25.9 Å². The predicted octanol–water partition coefficient (Wildman–Crippen LogP) is 2.45. The van der Waals surface area contributed by atoms with Gasteiger partial charge in [0.25, 0.3) is 0 Å². The molecule has 0 rings (SSSR count). The number of allylic oxidation sites excluding steroid dienone is 2. The van der Waals surface area contributed by atoms with E-state index in [0.29, 0.717) is 6.42 Å². The molecule has 0 heterocycles. The molecule has 1 N–H and O–H groups in total. The third kappa shape index (κ3) is 4.57. The van der Waals surface area contributed by atoms with Crippen LogP contribution < -0.4 is 0 Å². The number of rotatable bonds is 4. The molecule has 0 aromatic rings. The van der Waals surface area contributed by atoms with Crippen molar-refractivity contribution in [3.8, 4) is 0 Å². The van der Waals surface area contributed by atoms with E-state index in [-0.39, 0.29) is 0 Å². The van der Waals surface area contributed by atoms with Crippen LogP contribution in [0.5, 0.6) is 0 Å². The lowest BCUT2D eigenvalue weighted by Crippen LogP contribution is -2.20. The third-order valence-electron chi connectivity index (χ3n) is 1.48. The molecule has 1 unspecified atom stereocenters. The van der Waals surface area contributed by atoms with Crippen LogP contribution in [0.15, 0.2) is 37.0 Å². The van der Waals surface area contributed by atoms with Gasteiger partial charge in [0, 0.05) is 6.42 Å². The Kier molecular flexibility index (Phi) is 3.83. The van der Waals surface area contributed by atoms with Crippen LogP contribution in [0.4, 0.5) is 0 Å². The molecule has 0 aromatic carbocycles. The van der Waals surface area contributed by atoms with Crippen molar-refractivity contribution < 1.29 is 5.11 Å². The van der Waals surface area contributed by atoms with Crippen molar-refractivity contribution in [1.29, 1.82) is 0 Å². The molecule has 0 fully saturated rings. The van der Waals surface area contributed by atoms with E-state index >= 15 is 0 Å². The maximum Gasteiger partial charge on any atom is 0.0834 e. The van der Waals surface area contributed by atoms with Gasteiger partial charge in [0.05, 0.1) is 5.60 Å². The van der Waals surface area contributed by atoms with Crippen LogP contribution in [0, 0.1) is 0 Å². The topological polar surface area (TPSA) is 20.2 Å². The van der Waals surface area contributed by atoms with E-state index in [1.807, 2.05) is 13.0 Å². The molecule has 0 aromatic heterocycles. The summed E-state index contributed by atoms with van der Waals surface area (Å²) < 4.78 is 0. The van der Waals surface area contributed by atoms with E-state index < -0.39 is 5.60 Å². The van der Waals surface area contributed by atoms with Gasteiger partial charge in [-0.25, -0.2) is 0 Å². The Bertz CT molecular complexity index is 175. The average Bonchev–Trinajstić information content (AvgIpc) is 1.87.